The van der Waals surface area contributed by atoms with Crippen LogP contribution in [0.5, 0.6) is 0 Å². The van der Waals surface area contributed by atoms with Gasteiger partial charge in [-0.05, 0) is 42.0 Å². The van der Waals surface area contributed by atoms with Crippen LogP contribution < -0.4 is 20.7 Å². The Labute approximate surface area is 324 Å². The standard InChI is InChI=1S/C50H52O2Si2/c1-49(2,3)53(41-29-17-9-18-30-41,42-31-19-10-20-32-42)45(47(51)39-25-13-7-14-26-39)37-38-46(48(52)40-27-15-8-16-28-40)54(50(4,5)6,43-33-21-11-22-34-43)44-35-23-12-24-36-44/h7-36,47-48,51-52H,1-6H3/t47-,48+. The average molecular weight is 741 g/mol. The molecule has 0 spiro atoms. The highest BCUT2D eigenvalue weighted by Crippen LogP contribution is 2.46. The summed E-state index contributed by atoms with van der Waals surface area (Å²) in [6.07, 6.45) is -1.97. The molecule has 0 aliphatic rings. The molecule has 0 unspecified atom stereocenters. The fraction of sp³-hybridized carbons (Fsp3) is 0.200. The van der Waals surface area contributed by atoms with Crippen molar-refractivity contribution in [3.05, 3.63) is 215 Å². The fourth-order valence-corrected chi connectivity index (χ4v) is 20.1. The van der Waals surface area contributed by atoms with Crippen LogP contribution in [0.1, 0.15) is 64.9 Å². The molecule has 0 saturated carbocycles. The maximum Gasteiger partial charge on any atom is 0.162 e. The highest BCUT2D eigenvalue weighted by atomic mass is 28.3. The molecule has 2 N–H and O–H groups in total. The summed E-state index contributed by atoms with van der Waals surface area (Å²) < 4.78 is 0. The lowest BCUT2D eigenvalue weighted by atomic mass is 10.1. The zero-order chi connectivity index (χ0) is 38.4. The van der Waals surface area contributed by atoms with Crippen molar-refractivity contribution in [2.75, 3.05) is 0 Å². The SMILES string of the molecule is CC(C)(C)[Si](C(=C=C=C([C@H](O)c1ccccc1)[Si](c1ccccc1)(c1ccccc1)C(C)(C)C)[C@@H](O)c1ccccc1)(c1ccccc1)c1ccccc1. The summed E-state index contributed by atoms with van der Waals surface area (Å²) in [4.78, 5) is 0. The predicted molar refractivity (Wildman–Crippen MR) is 232 cm³/mol. The van der Waals surface area contributed by atoms with Crippen LogP contribution in [0, 0.1) is 0 Å². The monoisotopic (exact) mass is 740 g/mol. The van der Waals surface area contributed by atoms with E-state index in [-0.39, 0.29) is 10.1 Å². The summed E-state index contributed by atoms with van der Waals surface area (Å²) in [6.45, 7) is 13.8. The molecule has 0 amide bonds. The molecule has 6 aromatic carbocycles. The van der Waals surface area contributed by atoms with Gasteiger partial charge >= 0.3 is 0 Å². The minimum Gasteiger partial charge on any atom is -0.384 e. The lowest BCUT2D eigenvalue weighted by Crippen LogP contribution is -2.67. The highest BCUT2D eigenvalue weighted by molar-refractivity contribution is 7.10. The molecular formula is C50H52O2Si2. The van der Waals surface area contributed by atoms with Gasteiger partial charge in [0.15, 0.2) is 16.1 Å². The van der Waals surface area contributed by atoms with E-state index in [1.54, 1.807) is 0 Å². The molecule has 4 heteroatoms. The second kappa shape index (κ2) is 16.1. The fourth-order valence-electron chi connectivity index (χ4n) is 8.72. The average Bonchev–Trinajstić information content (AvgIpc) is 3.19. The third-order valence-electron chi connectivity index (χ3n) is 11.0. The van der Waals surface area contributed by atoms with Crippen molar-refractivity contribution < 1.29 is 10.2 Å². The molecule has 0 heterocycles. The van der Waals surface area contributed by atoms with Crippen molar-refractivity contribution in [2.45, 2.75) is 63.8 Å². The number of hydrogen-bond acceptors (Lipinski definition) is 2. The van der Waals surface area contributed by atoms with Crippen LogP contribution in [0.2, 0.25) is 10.1 Å². The van der Waals surface area contributed by atoms with Crippen LogP contribution in [-0.4, -0.2) is 26.4 Å². The minimum absolute atomic E-state index is 0.328. The van der Waals surface area contributed by atoms with Gasteiger partial charge in [0, 0.05) is 10.4 Å². The molecule has 6 aromatic rings. The van der Waals surface area contributed by atoms with E-state index < -0.39 is 28.4 Å². The Bertz CT molecular complexity index is 1970. The first-order valence-corrected chi connectivity index (χ1v) is 22.9. The number of benzene rings is 6. The Morgan fingerprint density at radius 3 is 0.778 bits per heavy atom. The van der Waals surface area contributed by atoms with Gasteiger partial charge in [-0.25, -0.2) is 0 Å². The van der Waals surface area contributed by atoms with E-state index in [1.165, 1.54) is 20.7 Å². The summed E-state index contributed by atoms with van der Waals surface area (Å²) in [7, 11) is -6.31. The maximum atomic E-state index is 12.9. The number of hydrogen-bond donors (Lipinski definition) is 2. The van der Waals surface area contributed by atoms with Crippen molar-refractivity contribution in [1.29, 1.82) is 0 Å². The van der Waals surface area contributed by atoms with E-state index in [9.17, 15) is 10.2 Å². The van der Waals surface area contributed by atoms with Gasteiger partial charge in [0.1, 0.15) is 12.2 Å². The molecule has 0 saturated heterocycles. The Kier molecular flexibility index (Phi) is 11.6. The summed E-state index contributed by atoms with van der Waals surface area (Å²) in [5, 5.41) is 31.5. The Morgan fingerprint density at radius 1 is 0.370 bits per heavy atom. The Hall–Kier alpha value is -5.03. The summed E-state index contributed by atoms with van der Waals surface area (Å²) >= 11 is 0. The normalized spacial score (nSPS) is 13.3. The Balaban J connectivity index is 1.92. The molecule has 0 aromatic heterocycles. The van der Waals surface area contributed by atoms with Gasteiger partial charge in [0.25, 0.3) is 0 Å². The predicted octanol–water partition coefficient (Wildman–Crippen LogP) is 9.27. The Morgan fingerprint density at radius 2 is 0.574 bits per heavy atom. The molecule has 2 atom stereocenters. The van der Waals surface area contributed by atoms with Crippen LogP contribution in [0.25, 0.3) is 0 Å². The molecule has 0 fully saturated rings. The van der Waals surface area contributed by atoms with Crippen molar-refractivity contribution >= 4 is 36.9 Å². The number of aliphatic hydroxyl groups excluding tert-OH is 2. The molecular weight excluding hydrogens is 689 g/mol. The summed E-state index contributed by atoms with van der Waals surface area (Å²) in [6, 6.07) is 62.6. The quantitative estimate of drug-likeness (QED) is 0.109. The molecule has 0 aliphatic heterocycles. The van der Waals surface area contributed by atoms with Crippen LogP contribution >= 0.6 is 0 Å². The molecule has 0 aliphatic carbocycles. The highest BCUT2D eigenvalue weighted by Gasteiger charge is 2.54. The first kappa shape index (κ1) is 38.7. The van der Waals surface area contributed by atoms with Gasteiger partial charge in [0.05, 0.1) is 0 Å². The largest absolute Gasteiger partial charge is 0.384 e. The topological polar surface area (TPSA) is 40.5 Å². The van der Waals surface area contributed by atoms with Crippen LogP contribution in [0.4, 0.5) is 0 Å². The van der Waals surface area contributed by atoms with Crippen molar-refractivity contribution in [2.24, 2.45) is 0 Å². The van der Waals surface area contributed by atoms with Gasteiger partial charge < -0.3 is 10.2 Å². The third kappa shape index (κ3) is 7.13. The van der Waals surface area contributed by atoms with Crippen LogP contribution in [-0.2, 0) is 0 Å². The van der Waals surface area contributed by atoms with Crippen molar-refractivity contribution in [1.82, 2.24) is 0 Å². The molecule has 272 valence electrons. The van der Waals surface area contributed by atoms with Gasteiger partial charge in [-0.3, -0.25) is 0 Å². The van der Waals surface area contributed by atoms with E-state index in [4.69, 9.17) is 0 Å². The third-order valence-corrected chi connectivity index (χ3v) is 22.7. The number of rotatable bonds is 10. The van der Waals surface area contributed by atoms with Crippen molar-refractivity contribution in [3.63, 3.8) is 0 Å². The minimum atomic E-state index is -3.16. The van der Waals surface area contributed by atoms with Gasteiger partial charge in [-0.15, -0.1) is 0 Å². The van der Waals surface area contributed by atoms with Crippen molar-refractivity contribution in [3.8, 4) is 0 Å². The van der Waals surface area contributed by atoms with E-state index in [2.05, 4.69) is 174 Å². The number of aliphatic hydroxyl groups is 2. The first-order valence-electron chi connectivity index (χ1n) is 18.9. The molecule has 0 bridgehead atoms. The molecule has 2 nitrogen and oxygen atoms in total. The smallest absolute Gasteiger partial charge is 0.162 e. The van der Waals surface area contributed by atoms with E-state index >= 15 is 0 Å². The first-order chi connectivity index (χ1) is 25.9. The summed E-state index contributed by atoms with van der Waals surface area (Å²) in [5.74, 6) is 0. The van der Waals surface area contributed by atoms with Gasteiger partial charge in [0.2, 0.25) is 0 Å². The van der Waals surface area contributed by atoms with Gasteiger partial charge in [-0.1, -0.05) is 235 Å². The zero-order valence-electron chi connectivity index (χ0n) is 32.4. The van der Waals surface area contributed by atoms with E-state index in [1.807, 2.05) is 60.7 Å². The lowest BCUT2D eigenvalue weighted by molar-refractivity contribution is 0.221. The lowest BCUT2D eigenvalue weighted by Gasteiger charge is -2.46. The molecule has 6 rings (SSSR count). The van der Waals surface area contributed by atoms with Crippen LogP contribution in [0.3, 0.4) is 0 Å². The molecule has 0 radical (unpaired) electrons. The van der Waals surface area contributed by atoms with Gasteiger partial charge in [-0.2, -0.15) is 0 Å². The molecule has 54 heavy (non-hydrogen) atoms. The van der Waals surface area contributed by atoms with E-state index in [0.717, 1.165) is 21.5 Å². The van der Waals surface area contributed by atoms with E-state index in [0.29, 0.717) is 0 Å². The maximum absolute atomic E-state index is 12.9. The second-order valence-corrected chi connectivity index (χ2v) is 25.6. The second-order valence-electron chi connectivity index (χ2n) is 16.2. The van der Waals surface area contributed by atoms with Crippen LogP contribution in [0.15, 0.2) is 204 Å². The zero-order valence-corrected chi connectivity index (χ0v) is 34.4. The summed E-state index contributed by atoms with van der Waals surface area (Å²) in [5.41, 5.74) is 9.29.